The maximum atomic E-state index is 5.03. The molecule has 0 spiro atoms. The SMILES string of the molecule is CCCN.CCCNN. The van der Waals surface area contributed by atoms with E-state index >= 15 is 0 Å². The second kappa shape index (κ2) is 15.7. The van der Waals surface area contributed by atoms with Crippen molar-refractivity contribution in [2.75, 3.05) is 13.1 Å². The summed E-state index contributed by atoms with van der Waals surface area (Å²) in [4.78, 5) is 0. The first-order valence-corrected chi connectivity index (χ1v) is 3.46. The first-order valence-electron chi connectivity index (χ1n) is 3.46. The van der Waals surface area contributed by atoms with Crippen molar-refractivity contribution in [1.29, 1.82) is 0 Å². The summed E-state index contributed by atoms with van der Waals surface area (Å²) in [6, 6.07) is 0. The largest absolute Gasteiger partial charge is 0.330 e. The van der Waals surface area contributed by atoms with Crippen LogP contribution in [0.15, 0.2) is 0 Å². The fourth-order valence-corrected chi connectivity index (χ4v) is 0.144. The Morgan fingerprint density at radius 2 is 1.67 bits per heavy atom. The van der Waals surface area contributed by atoms with Crippen molar-refractivity contribution in [3.8, 4) is 0 Å². The van der Waals surface area contributed by atoms with Gasteiger partial charge < -0.3 is 5.73 Å². The van der Waals surface area contributed by atoms with Gasteiger partial charge in [-0.05, 0) is 19.4 Å². The monoisotopic (exact) mass is 133 g/mol. The molecule has 0 aromatic carbocycles. The molecule has 0 aromatic rings. The fourth-order valence-electron chi connectivity index (χ4n) is 0.144. The topological polar surface area (TPSA) is 64.1 Å². The van der Waals surface area contributed by atoms with Gasteiger partial charge in [-0.2, -0.15) is 0 Å². The quantitative estimate of drug-likeness (QED) is 0.381. The van der Waals surface area contributed by atoms with E-state index in [0.717, 1.165) is 25.9 Å². The predicted octanol–water partition coefficient (Wildman–Crippen LogP) is 0.215. The van der Waals surface area contributed by atoms with Crippen molar-refractivity contribution in [3.63, 3.8) is 0 Å². The number of nitrogens with two attached hydrogens (primary N) is 2. The Kier molecular flexibility index (Phi) is 20.3. The van der Waals surface area contributed by atoms with E-state index in [9.17, 15) is 0 Å². The van der Waals surface area contributed by atoms with Crippen molar-refractivity contribution in [2.45, 2.75) is 26.7 Å². The van der Waals surface area contributed by atoms with Crippen molar-refractivity contribution in [2.24, 2.45) is 11.6 Å². The van der Waals surface area contributed by atoms with Crippen LogP contribution in [0.5, 0.6) is 0 Å². The van der Waals surface area contributed by atoms with Crippen LogP contribution in [0.25, 0.3) is 0 Å². The third-order valence-corrected chi connectivity index (χ3v) is 0.683. The molecule has 5 N–H and O–H groups in total. The van der Waals surface area contributed by atoms with Gasteiger partial charge >= 0.3 is 0 Å². The fraction of sp³-hybridized carbons (Fsp3) is 1.00. The minimum Gasteiger partial charge on any atom is -0.330 e. The maximum absolute atomic E-state index is 5.03. The summed E-state index contributed by atoms with van der Waals surface area (Å²) in [7, 11) is 0. The molecular formula is C6H19N3. The molecule has 0 bridgehead atoms. The van der Waals surface area contributed by atoms with Crippen LogP contribution >= 0.6 is 0 Å². The molecule has 58 valence electrons. The first kappa shape index (κ1) is 11.6. The zero-order valence-corrected chi connectivity index (χ0v) is 6.48. The van der Waals surface area contributed by atoms with Crippen molar-refractivity contribution in [1.82, 2.24) is 5.43 Å². The highest BCUT2D eigenvalue weighted by Crippen LogP contribution is 1.61. The molecule has 0 saturated heterocycles. The zero-order valence-electron chi connectivity index (χ0n) is 6.48. The Bertz CT molecular complexity index is 27.5. The van der Waals surface area contributed by atoms with Gasteiger partial charge in [0.15, 0.2) is 0 Å². The molecule has 3 heteroatoms. The summed E-state index contributed by atoms with van der Waals surface area (Å²) in [5.41, 5.74) is 7.55. The highest BCUT2D eigenvalue weighted by Gasteiger charge is 1.65. The van der Waals surface area contributed by atoms with E-state index in [1.54, 1.807) is 0 Å². The number of hydrogen-bond acceptors (Lipinski definition) is 3. The molecule has 0 unspecified atom stereocenters. The Labute approximate surface area is 57.8 Å². The van der Waals surface area contributed by atoms with Gasteiger partial charge in [-0.25, -0.2) is 0 Å². The minimum absolute atomic E-state index is 0.819. The van der Waals surface area contributed by atoms with Crippen LogP contribution in [0.2, 0.25) is 0 Å². The van der Waals surface area contributed by atoms with Crippen LogP contribution < -0.4 is 17.0 Å². The van der Waals surface area contributed by atoms with Crippen LogP contribution in [0, 0.1) is 0 Å². The molecule has 0 heterocycles. The van der Waals surface area contributed by atoms with Gasteiger partial charge in [0, 0.05) is 6.54 Å². The van der Waals surface area contributed by atoms with Gasteiger partial charge in [-0.15, -0.1) is 0 Å². The number of nitrogens with one attached hydrogen (secondary N) is 1. The highest BCUT2D eigenvalue weighted by molar-refractivity contribution is 4.25. The van der Waals surface area contributed by atoms with E-state index < -0.39 is 0 Å². The van der Waals surface area contributed by atoms with Crippen LogP contribution in [0.3, 0.4) is 0 Å². The van der Waals surface area contributed by atoms with Crippen molar-refractivity contribution >= 4 is 0 Å². The lowest BCUT2D eigenvalue weighted by molar-refractivity contribution is 0.714. The molecule has 0 aromatic heterocycles. The average Bonchev–Trinajstić information content (AvgIpc) is 1.91. The van der Waals surface area contributed by atoms with Gasteiger partial charge in [0.05, 0.1) is 0 Å². The van der Waals surface area contributed by atoms with Gasteiger partial charge in [0.1, 0.15) is 0 Å². The summed E-state index contributed by atoms with van der Waals surface area (Å²) in [5.74, 6) is 4.89. The van der Waals surface area contributed by atoms with Crippen molar-refractivity contribution in [3.05, 3.63) is 0 Å². The van der Waals surface area contributed by atoms with Crippen LogP contribution in [0.4, 0.5) is 0 Å². The molecule has 9 heavy (non-hydrogen) atoms. The van der Waals surface area contributed by atoms with E-state index in [4.69, 9.17) is 11.6 Å². The third kappa shape index (κ3) is 32.8. The lowest BCUT2D eigenvalue weighted by atomic mass is 10.5. The van der Waals surface area contributed by atoms with E-state index in [2.05, 4.69) is 19.3 Å². The molecule has 0 fully saturated rings. The van der Waals surface area contributed by atoms with Gasteiger partial charge in [-0.3, -0.25) is 11.3 Å². The highest BCUT2D eigenvalue weighted by atomic mass is 15.2. The molecular weight excluding hydrogens is 114 g/mol. The average molecular weight is 133 g/mol. The van der Waals surface area contributed by atoms with Gasteiger partial charge in [0.25, 0.3) is 0 Å². The Morgan fingerprint density at radius 3 is 1.67 bits per heavy atom. The standard InChI is InChI=1S/C3H10N2.C3H9N/c1-2-3-5-4;1-2-3-4/h5H,2-4H2,1H3;2-4H2,1H3. The van der Waals surface area contributed by atoms with E-state index in [0.29, 0.717) is 0 Å². The molecule has 0 rings (SSSR count). The number of hydrogen-bond donors (Lipinski definition) is 3. The zero-order chi connectivity index (χ0) is 7.54. The molecule has 0 aliphatic heterocycles. The van der Waals surface area contributed by atoms with Gasteiger partial charge in [0.2, 0.25) is 0 Å². The summed E-state index contributed by atoms with van der Waals surface area (Å²) in [6.45, 7) is 5.86. The van der Waals surface area contributed by atoms with E-state index in [1.165, 1.54) is 0 Å². The molecule has 0 amide bonds. The van der Waals surface area contributed by atoms with Crippen LogP contribution in [0.1, 0.15) is 26.7 Å². The van der Waals surface area contributed by atoms with Gasteiger partial charge in [-0.1, -0.05) is 13.8 Å². The Balaban J connectivity index is 0. The van der Waals surface area contributed by atoms with Crippen molar-refractivity contribution < 1.29 is 0 Å². The van der Waals surface area contributed by atoms with E-state index in [-0.39, 0.29) is 0 Å². The molecule has 0 aliphatic rings. The smallest absolute Gasteiger partial charge is 0.00947 e. The first-order chi connectivity index (χ1) is 4.33. The lowest BCUT2D eigenvalue weighted by Gasteiger charge is -1.85. The molecule has 0 atom stereocenters. The predicted molar refractivity (Wildman–Crippen MR) is 41.8 cm³/mol. The lowest BCUT2D eigenvalue weighted by Crippen LogP contribution is -2.21. The summed E-state index contributed by atoms with van der Waals surface area (Å²) in [6.07, 6.45) is 2.20. The summed E-state index contributed by atoms with van der Waals surface area (Å²) < 4.78 is 0. The number of rotatable bonds is 3. The summed E-state index contributed by atoms with van der Waals surface area (Å²) >= 11 is 0. The minimum atomic E-state index is 0.819. The second-order valence-corrected chi connectivity index (χ2v) is 1.74. The third-order valence-electron chi connectivity index (χ3n) is 0.683. The molecule has 0 saturated carbocycles. The van der Waals surface area contributed by atoms with E-state index in [1.807, 2.05) is 0 Å². The molecule has 0 aliphatic carbocycles. The van der Waals surface area contributed by atoms with Crippen LogP contribution in [-0.2, 0) is 0 Å². The normalized spacial score (nSPS) is 8.00. The molecule has 0 radical (unpaired) electrons. The summed E-state index contributed by atoms with van der Waals surface area (Å²) in [5, 5.41) is 0. The van der Waals surface area contributed by atoms with Crippen LogP contribution in [-0.4, -0.2) is 13.1 Å². The molecule has 3 nitrogen and oxygen atoms in total. The number of hydrazine groups is 1. The Morgan fingerprint density at radius 1 is 1.22 bits per heavy atom. The second-order valence-electron chi connectivity index (χ2n) is 1.74. The Hall–Kier alpha value is -0.120. The maximum Gasteiger partial charge on any atom is 0.00947 e.